The molecule has 0 aliphatic heterocycles. The lowest BCUT2D eigenvalue weighted by Gasteiger charge is -2.08. The van der Waals surface area contributed by atoms with Crippen molar-refractivity contribution in [2.75, 3.05) is 6.54 Å². The molecule has 17 heavy (non-hydrogen) atoms. The standard InChI is InChI=1S/C13H16N2O2/c1-2-12(16)7-8-15-13(17)11-5-3-10(9-14)4-6-11/h3-6,12,16H,2,7-8H2,1H3,(H,15,17). The van der Waals surface area contributed by atoms with Crippen LogP contribution in [0.1, 0.15) is 35.7 Å². The fourth-order valence-electron chi connectivity index (χ4n) is 1.35. The molecule has 0 bridgehead atoms. The van der Waals surface area contributed by atoms with Gasteiger partial charge in [0, 0.05) is 12.1 Å². The summed E-state index contributed by atoms with van der Waals surface area (Å²) in [5, 5.41) is 20.7. The molecule has 0 aliphatic rings. The van der Waals surface area contributed by atoms with Gasteiger partial charge in [0.15, 0.2) is 0 Å². The number of amides is 1. The Kier molecular flexibility index (Phi) is 5.18. The van der Waals surface area contributed by atoms with Crippen molar-refractivity contribution in [3.8, 4) is 6.07 Å². The van der Waals surface area contributed by atoms with Crippen molar-refractivity contribution in [1.29, 1.82) is 5.26 Å². The van der Waals surface area contributed by atoms with Crippen molar-refractivity contribution < 1.29 is 9.90 Å². The number of nitriles is 1. The van der Waals surface area contributed by atoms with Crippen LogP contribution in [0.5, 0.6) is 0 Å². The minimum atomic E-state index is -0.365. The number of aliphatic hydroxyl groups is 1. The summed E-state index contributed by atoms with van der Waals surface area (Å²) in [6, 6.07) is 8.44. The molecule has 0 aliphatic carbocycles. The van der Waals surface area contributed by atoms with E-state index in [0.29, 0.717) is 30.5 Å². The summed E-state index contributed by atoms with van der Waals surface area (Å²) in [5.74, 6) is -0.183. The predicted octanol–water partition coefficient (Wildman–Crippen LogP) is 1.45. The number of rotatable bonds is 5. The van der Waals surface area contributed by atoms with Crippen molar-refractivity contribution in [2.24, 2.45) is 0 Å². The largest absolute Gasteiger partial charge is 0.393 e. The highest BCUT2D eigenvalue weighted by Gasteiger charge is 2.06. The first-order chi connectivity index (χ1) is 8.17. The molecule has 0 saturated heterocycles. The van der Waals surface area contributed by atoms with E-state index >= 15 is 0 Å². The zero-order chi connectivity index (χ0) is 12.7. The van der Waals surface area contributed by atoms with Gasteiger partial charge in [-0.05, 0) is 37.1 Å². The first-order valence-corrected chi connectivity index (χ1v) is 5.63. The van der Waals surface area contributed by atoms with Gasteiger partial charge in [-0.15, -0.1) is 0 Å². The molecule has 1 amide bonds. The molecule has 2 N–H and O–H groups in total. The van der Waals surface area contributed by atoms with Crippen molar-refractivity contribution in [3.63, 3.8) is 0 Å². The van der Waals surface area contributed by atoms with Crippen LogP contribution >= 0.6 is 0 Å². The molecule has 0 radical (unpaired) electrons. The Morgan fingerprint density at radius 1 is 1.47 bits per heavy atom. The number of nitrogens with one attached hydrogen (secondary N) is 1. The summed E-state index contributed by atoms with van der Waals surface area (Å²) in [6.07, 6.45) is 0.877. The summed E-state index contributed by atoms with van der Waals surface area (Å²) < 4.78 is 0. The van der Waals surface area contributed by atoms with E-state index in [2.05, 4.69) is 5.32 Å². The zero-order valence-corrected chi connectivity index (χ0v) is 9.81. The van der Waals surface area contributed by atoms with Crippen LogP contribution in [0, 0.1) is 11.3 Å². The number of aliphatic hydroxyl groups excluding tert-OH is 1. The van der Waals surface area contributed by atoms with Crippen LogP contribution in [-0.2, 0) is 0 Å². The number of benzene rings is 1. The van der Waals surface area contributed by atoms with Gasteiger partial charge in [-0.1, -0.05) is 6.92 Å². The lowest BCUT2D eigenvalue weighted by molar-refractivity contribution is 0.0942. The van der Waals surface area contributed by atoms with Crippen LogP contribution in [0.2, 0.25) is 0 Å². The van der Waals surface area contributed by atoms with Crippen LogP contribution in [-0.4, -0.2) is 23.7 Å². The number of nitrogens with zero attached hydrogens (tertiary/aromatic N) is 1. The van der Waals surface area contributed by atoms with E-state index in [0.717, 1.165) is 0 Å². The van der Waals surface area contributed by atoms with E-state index in [1.54, 1.807) is 24.3 Å². The molecule has 1 unspecified atom stereocenters. The van der Waals surface area contributed by atoms with Gasteiger partial charge in [-0.25, -0.2) is 0 Å². The summed E-state index contributed by atoms with van der Waals surface area (Å²) in [7, 11) is 0. The summed E-state index contributed by atoms with van der Waals surface area (Å²) in [4.78, 5) is 11.6. The third-order valence-electron chi connectivity index (χ3n) is 2.51. The fraction of sp³-hybridized carbons (Fsp3) is 0.385. The topological polar surface area (TPSA) is 73.1 Å². The van der Waals surface area contributed by atoms with E-state index in [9.17, 15) is 9.90 Å². The molecule has 0 aromatic heterocycles. The molecule has 1 rings (SSSR count). The molecule has 4 nitrogen and oxygen atoms in total. The smallest absolute Gasteiger partial charge is 0.251 e. The molecule has 0 spiro atoms. The molecule has 90 valence electrons. The fourth-order valence-corrected chi connectivity index (χ4v) is 1.35. The Morgan fingerprint density at radius 3 is 2.65 bits per heavy atom. The van der Waals surface area contributed by atoms with Crippen LogP contribution in [0.3, 0.4) is 0 Å². The average molecular weight is 232 g/mol. The Morgan fingerprint density at radius 2 is 2.12 bits per heavy atom. The predicted molar refractivity (Wildman–Crippen MR) is 64.4 cm³/mol. The van der Waals surface area contributed by atoms with Crippen molar-refractivity contribution in [1.82, 2.24) is 5.32 Å². The van der Waals surface area contributed by atoms with Crippen LogP contribution in [0.15, 0.2) is 24.3 Å². The normalized spacial score (nSPS) is 11.6. The van der Waals surface area contributed by atoms with Gasteiger partial charge < -0.3 is 10.4 Å². The first-order valence-electron chi connectivity index (χ1n) is 5.63. The third kappa shape index (κ3) is 4.25. The van der Waals surface area contributed by atoms with Crippen molar-refractivity contribution in [2.45, 2.75) is 25.9 Å². The minimum absolute atomic E-state index is 0.183. The maximum atomic E-state index is 11.6. The highest BCUT2D eigenvalue weighted by molar-refractivity contribution is 5.94. The van der Waals surface area contributed by atoms with Crippen molar-refractivity contribution in [3.05, 3.63) is 35.4 Å². The van der Waals surface area contributed by atoms with E-state index in [1.165, 1.54) is 0 Å². The Balaban J connectivity index is 2.44. The van der Waals surface area contributed by atoms with Crippen LogP contribution in [0.4, 0.5) is 0 Å². The minimum Gasteiger partial charge on any atom is -0.393 e. The summed E-state index contributed by atoms with van der Waals surface area (Å²) >= 11 is 0. The van der Waals surface area contributed by atoms with Gasteiger partial charge >= 0.3 is 0 Å². The van der Waals surface area contributed by atoms with Gasteiger partial charge in [0.05, 0.1) is 17.7 Å². The summed E-state index contributed by atoms with van der Waals surface area (Å²) in [6.45, 7) is 2.35. The van der Waals surface area contributed by atoms with Gasteiger partial charge in [0.1, 0.15) is 0 Å². The van der Waals surface area contributed by atoms with Crippen LogP contribution in [0.25, 0.3) is 0 Å². The second kappa shape index (κ2) is 6.66. The molecule has 0 saturated carbocycles. The average Bonchev–Trinajstić information content (AvgIpc) is 2.38. The quantitative estimate of drug-likeness (QED) is 0.807. The molecule has 1 aromatic carbocycles. The highest BCUT2D eigenvalue weighted by atomic mass is 16.3. The van der Waals surface area contributed by atoms with E-state index in [-0.39, 0.29) is 12.0 Å². The Bertz CT molecular complexity index is 406. The monoisotopic (exact) mass is 232 g/mol. The van der Waals surface area contributed by atoms with Crippen LogP contribution < -0.4 is 5.32 Å². The number of carbonyl (C=O) groups excluding carboxylic acids is 1. The third-order valence-corrected chi connectivity index (χ3v) is 2.51. The summed E-state index contributed by atoms with van der Waals surface area (Å²) in [5.41, 5.74) is 1.05. The van der Waals surface area contributed by atoms with Gasteiger partial charge in [-0.3, -0.25) is 4.79 Å². The maximum Gasteiger partial charge on any atom is 0.251 e. The molecule has 0 heterocycles. The molecular formula is C13H16N2O2. The van der Waals surface area contributed by atoms with Gasteiger partial charge in [-0.2, -0.15) is 5.26 Å². The number of carbonyl (C=O) groups is 1. The first kappa shape index (κ1) is 13.2. The van der Waals surface area contributed by atoms with E-state index in [1.807, 2.05) is 13.0 Å². The van der Waals surface area contributed by atoms with E-state index in [4.69, 9.17) is 5.26 Å². The van der Waals surface area contributed by atoms with Gasteiger partial charge in [0.2, 0.25) is 0 Å². The second-order valence-electron chi connectivity index (χ2n) is 3.80. The lowest BCUT2D eigenvalue weighted by Crippen LogP contribution is -2.26. The molecule has 1 atom stereocenters. The second-order valence-corrected chi connectivity index (χ2v) is 3.80. The zero-order valence-electron chi connectivity index (χ0n) is 9.81. The SMILES string of the molecule is CCC(O)CCNC(=O)c1ccc(C#N)cc1. The molecule has 4 heteroatoms. The van der Waals surface area contributed by atoms with Crippen molar-refractivity contribution >= 4 is 5.91 Å². The molecular weight excluding hydrogens is 216 g/mol. The molecule has 0 fully saturated rings. The van der Waals surface area contributed by atoms with E-state index < -0.39 is 0 Å². The lowest BCUT2D eigenvalue weighted by atomic mass is 10.1. The number of hydrogen-bond acceptors (Lipinski definition) is 3. The van der Waals surface area contributed by atoms with Gasteiger partial charge in [0.25, 0.3) is 5.91 Å². The Hall–Kier alpha value is -1.86. The highest BCUT2D eigenvalue weighted by Crippen LogP contribution is 2.03. The molecule has 1 aromatic rings. The Labute approximate surface area is 101 Å². The number of hydrogen-bond donors (Lipinski definition) is 2. The maximum absolute atomic E-state index is 11.6.